The van der Waals surface area contributed by atoms with Gasteiger partial charge in [-0.3, -0.25) is 14.4 Å². The first kappa shape index (κ1) is 20.8. The molecule has 0 bridgehead atoms. The number of carbonyl (C=O) groups is 3. The summed E-state index contributed by atoms with van der Waals surface area (Å²) >= 11 is 0. The van der Waals surface area contributed by atoms with Crippen LogP contribution in [0.1, 0.15) is 72.6 Å². The number of ketones is 2. The van der Waals surface area contributed by atoms with Gasteiger partial charge >= 0.3 is 5.97 Å². The van der Waals surface area contributed by atoms with Gasteiger partial charge < -0.3 is 9.84 Å². The standard InChI is InChI=1S/C24H34O5/c1-14-11-17-18(22(3)8-5-16(26)12-20(14)22)6-9-23(4)19(17)7-10-24(23,28)21(27)13-29-15(2)25/h12,14,17-19,28H,5-11,13H2,1-4H3/t14-,17+,18-,19-,22+,23-,24?/m0/s1. The number of rotatable bonds is 3. The van der Waals surface area contributed by atoms with Crippen LogP contribution in [0.3, 0.4) is 0 Å². The molecule has 0 aromatic carbocycles. The van der Waals surface area contributed by atoms with Gasteiger partial charge in [-0.25, -0.2) is 0 Å². The Balaban J connectivity index is 1.64. The lowest BCUT2D eigenvalue weighted by molar-refractivity contribution is -0.170. The summed E-state index contributed by atoms with van der Waals surface area (Å²) in [5.41, 5.74) is -0.508. The van der Waals surface area contributed by atoms with Gasteiger partial charge in [0.2, 0.25) is 5.78 Å². The maximum absolute atomic E-state index is 12.9. The molecular weight excluding hydrogens is 368 g/mol. The largest absolute Gasteiger partial charge is 0.458 e. The van der Waals surface area contributed by atoms with Gasteiger partial charge in [0.25, 0.3) is 0 Å². The first-order chi connectivity index (χ1) is 13.5. The normalized spacial score (nSPS) is 46.2. The van der Waals surface area contributed by atoms with Crippen molar-refractivity contribution in [2.24, 2.45) is 34.5 Å². The molecule has 160 valence electrons. The van der Waals surface area contributed by atoms with Gasteiger partial charge in [-0.05, 0) is 73.7 Å². The van der Waals surface area contributed by atoms with E-state index in [9.17, 15) is 19.5 Å². The number of carbonyl (C=O) groups excluding carboxylic acids is 3. The Hall–Kier alpha value is -1.49. The molecule has 1 unspecified atom stereocenters. The Morgan fingerprint density at radius 3 is 2.55 bits per heavy atom. The highest BCUT2D eigenvalue weighted by Gasteiger charge is 2.66. The van der Waals surface area contributed by atoms with E-state index >= 15 is 0 Å². The molecule has 0 amide bonds. The zero-order valence-electron chi connectivity index (χ0n) is 18.1. The predicted molar refractivity (Wildman–Crippen MR) is 108 cm³/mol. The predicted octanol–water partition coefficient (Wildman–Crippen LogP) is 3.63. The number of hydrogen-bond donors (Lipinski definition) is 1. The molecule has 0 aromatic heterocycles. The molecule has 4 rings (SSSR count). The zero-order valence-corrected chi connectivity index (χ0v) is 18.1. The lowest BCUT2D eigenvalue weighted by Gasteiger charge is -2.60. The van der Waals surface area contributed by atoms with Crippen LogP contribution in [0.25, 0.3) is 0 Å². The van der Waals surface area contributed by atoms with Crippen molar-refractivity contribution in [1.82, 2.24) is 0 Å². The van der Waals surface area contributed by atoms with Crippen molar-refractivity contribution in [3.63, 3.8) is 0 Å². The molecule has 0 spiro atoms. The highest BCUT2D eigenvalue weighted by atomic mass is 16.5. The van der Waals surface area contributed by atoms with Crippen LogP contribution in [-0.4, -0.2) is 34.9 Å². The fourth-order valence-corrected chi connectivity index (χ4v) is 7.75. The van der Waals surface area contributed by atoms with Crippen LogP contribution in [0, 0.1) is 34.5 Å². The molecule has 0 saturated heterocycles. The quantitative estimate of drug-likeness (QED) is 0.729. The van der Waals surface area contributed by atoms with Crippen LogP contribution in [0.4, 0.5) is 0 Å². The van der Waals surface area contributed by atoms with Gasteiger partial charge in [0, 0.05) is 18.8 Å². The molecule has 0 radical (unpaired) electrons. The molecule has 0 aliphatic heterocycles. The monoisotopic (exact) mass is 402 g/mol. The van der Waals surface area contributed by atoms with Crippen LogP contribution in [0.15, 0.2) is 11.6 Å². The highest BCUT2D eigenvalue weighted by Crippen LogP contribution is 2.68. The third kappa shape index (κ3) is 2.87. The summed E-state index contributed by atoms with van der Waals surface area (Å²) in [6, 6.07) is 0. The number of hydrogen-bond acceptors (Lipinski definition) is 5. The average molecular weight is 403 g/mol. The molecule has 1 N–H and O–H groups in total. The molecule has 7 atom stereocenters. The molecule has 3 saturated carbocycles. The second-order valence-corrected chi connectivity index (χ2v) is 10.6. The number of ether oxygens (including phenoxy) is 1. The maximum Gasteiger partial charge on any atom is 0.303 e. The number of aliphatic hydroxyl groups is 1. The lowest BCUT2D eigenvalue weighted by Crippen LogP contribution is -2.58. The van der Waals surface area contributed by atoms with Crippen molar-refractivity contribution in [2.45, 2.75) is 78.2 Å². The van der Waals surface area contributed by atoms with Crippen LogP contribution in [0.5, 0.6) is 0 Å². The van der Waals surface area contributed by atoms with E-state index in [0.29, 0.717) is 30.6 Å². The number of Topliss-reactive ketones (excluding diaryl/α,β-unsaturated/α-hetero) is 1. The lowest BCUT2D eigenvalue weighted by atomic mass is 9.44. The van der Waals surface area contributed by atoms with Gasteiger partial charge in [-0.1, -0.05) is 26.3 Å². The summed E-state index contributed by atoms with van der Waals surface area (Å²) in [5.74, 6) is 1.01. The van der Waals surface area contributed by atoms with Gasteiger partial charge in [0.15, 0.2) is 12.4 Å². The summed E-state index contributed by atoms with van der Waals surface area (Å²) < 4.78 is 4.94. The molecule has 29 heavy (non-hydrogen) atoms. The van der Waals surface area contributed by atoms with Gasteiger partial charge in [0.1, 0.15) is 5.60 Å². The van der Waals surface area contributed by atoms with Crippen molar-refractivity contribution in [3.8, 4) is 0 Å². The summed E-state index contributed by atoms with van der Waals surface area (Å²) in [5, 5.41) is 11.5. The van der Waals surface area contributed by atoms with Gasteiger partial charge in [-0.15, -0.1) is 0 Å². The van der Waals surface area contributed by atoms with E-state index in [1.807, 2.05) is 6.08 Å². The van der Waals surface area contributed by atoms with E-state index in [0.717, 1.165) is 32.1 Å². The Bertz CT molecular complexity index is 784. The van der Waals surface area contributed by atoms with Crippen LogP contribution >= 0.6 is 0 Å². The zero-order chi connectivity index (χ0) is 21.2. The number of esters is 1. The molecule has 4 aliphatic rings. The van der Waals surface area contributed by atoms with E-state index in [2.05, 4.69) is 20.8 Å². The third-order valence-electron chi connectivity index (χ3n) is 9.30. The summed E-state index contributed by atoms with van der Waals surface area (Å²) in [6.45, 7) is 7.60. The minimum Gasteiger partial charge on any atom is -0.458 e. The van der Waals surface area contributed by atoms with Crippen molar-refractivity contribution in [2.75, 3.05) is 6.61 Å². The first-order valence-electron chi connectivity index (χ1n) is 11.2. The van der Waals surface area contributed by atoms with E-state index in [1.54, 1.807) is 0 Å². The van der Waals surface area contributed by atoms with Crippen molar-refractivity contribution in [1.29, 1.82) is 0 Å². The maximum atomic E-state index is 12.9. The first-order valence-corrected chi connectivity index (χ1v) is 11.2. The third-order valence-corrected chi connectivity index (χ3v) is 9.30. The molecular formula is C24H34O5. The summed E-state index contributed by atoms with van der Waals surface area (Å²) in [6.07, 6.45) is 7.54. The SMILES string of the molecule is CC(=O)OCC(=O)C1(O)CC[C@H]2[C@@H]3C[C@H](C)C4=CC(=O)CC[C@]4(C)[C@H]3CC[C@@]21C. The van der Waals surface area contributed by atoms with Crippen LogP contribution in [-0.2, 0) is 19.1 Å². The van der Waals surface area contributed by atoms with E-state index in [1.165, 1.54) is 12.5 Å². The Morgan fingerprint density at radius 1 is 1.17 bits per heavy atom. The molecule has 5 nitrogen and oxygen atoms in total. The van der Waals surface area contributed by atoms with Crippen LogP contribution < -0.4 is 0 Å². The minimum atomic E-state index is -1.42. The Morgan fingerprint density at radius 2 is 1.86 bits per heavy atom. The average Bonchev–Trinajstić information content (AvgIpc) is 2.94. The number of fused-ring (bicyclic) bond motifs is 5. The van der Waals surface area contributed by atoms with Gasteiger partial charge in [-0.2, -0.15) is 0 Å². The minimum absolute atomic E-state index is 0.0556. The van der Waals surface area contributed by atoms with E-state index in [-0.39, 0.29) is 29.5 Å². The fraction of sp³-hybridized carbons (Fsp3) is 0.792. The van der Waals surface area contributed by atoms with Gasteiger partial charge in [0.05, 0.1) is 0 Å². The second-order valence-electron chi connectivity index (χ2n) is 10.6. The molecule has 4 aliphatic carbocycles. The van der Waals surface area contributed by atoms with Crippen LogP contribution in [0.2, 0.25) is 0 Å². The Kier molecular flexibility index (Phi) is 4.84. The summed E-state index contributed by atoms with van der Waals surface area (Å²) in [7, 11) is 0. The molecule has 3 fully saturated rings. The highest BCUT2D eigenvalue weighted by molar-refractivity contribution is 5.92. The van der Waals surface area contributed by atoms with Crippen molar-refractivity contribution >= 4 is 17.5 Å². The fourth-order valence-electron chi connectivity index (χ4n) is 7.75. The Labute approximate surface area is 173 Å². The summed E-state index contributed by atoms with van der Waals surface area (Å²) in [4.78, 5) is 36.2. The molecule has 0 aromatic rings. The molecule has 5 heteroatoms. The van der Waals surface area contributed by atoms with E-state index < -0.39 is 17.0 Å². The topological polar surface area (TPSA) is 80.7 Å². The second kappa shape index (κ2) is 6.76. The van der Waals surface area contributed by atoms with Crippen molar-refractivity contribution in [3.05, 3.63) is 11.6 Å². The smallest absolute Gasteiger partial charge is 0.303 e. The van der Waals surface area contributed by atoms with E-state index in [4.69, 9.17) is 4.74 Å². The van der Waals surface area contributed by atoms with Crippen molar-refractivity contribution < 1.29 is 24.2 Å². The molecule has 0 heterocycles. The number of allylic oxidation sites excluding steroid dienone is 1.